The molecule has 2 rings (SSSR count). The van der Waals surface area contributed by atoms with E-state index in [-0.39, 0.29) is 0 Å². The van der Waals surface area contributed by atoms with Gasteiger partial charge in [-0.3, -0.25) is 4.21 Å². The van der Waals surface area contributed by atoms with Crippen LogP contribution in [0.1, 0.15) is 33.6 Å². The summed E-state index contributed by atoms with van der Waals surface area (Å²) in [6.07, 6.45) is 6.47. The molecule has 0 N–H and O–H groups in total. The molecule has 0 bridgehead atoms. The first-order valence-electron chi connectivity index (χ1n) is 7.72. The summed E-state index contributed by atoms with van der Waals surface area (Å²) in [5, 5.41) is 2.34. The summed E-state index contributed by atoms with van der Waals surface area (Å²) in [6.45, 7) is 6.36. The minimum absolute atomic E-state index is 0.596. The summed E-state index contributed by atoms with van der Waals surface area (Å²) in [7, 11) is -0.966. The van der Waals surface area contributed by atoms with Crippen molar-refractivity contribution in [3.05, 3.63) is 65.8 Å². The van der Waals surface area contributed by atoms with Crippen molar-refractivity contribution in [2.45, 2.75) is 38.5 Å². The first-order chi connectivity index (χ1) is 10.6. The van der Waals surface area contributed by atoms with Crippen molar-refractivity contribution in [3.63, 3.8) is 0 Å². The maximum absolute atomic E-state index is 12.4. The average Bonchev–Trinajstić information content (AvgIpc) is 2.51. The summed E-state index contributed by atoms with van der Waals surface area (Å²) < 4.78 is 12.4. The van der Waals surface area contributed by atoms with Gasteiger partial charge >= 0.3 is 0 Å². The normalized spacial score (nSPS) is 13.1. The van der Waals surface area contributed by atoms with Crippen molar-refractivity contribution < 1.29 is 4.21 Å². The van der Waals surface area contributed by atoms with Crippen LogP contribution in [0.2, 0.25) is 0 Å². The molecule has 0 heterocycles. The Labute approximate surface area is 136 Å². The number of allylic oxidation sites excluding steroid dienone is 3. The summed E-state index contributed by atoms with van der Waals surface area (Å²) in [5.41, 5.74) is 2.67. The lowest BCUT2D eigenvalue weighted by molar-refractivity contribution is 0.685. The maximum atomic E-state index is 12.4. The van der Waals surface area contributed by atoms with E-state index in [1.54, 1.807) is 0 Å². The maximum Gasteiger partial charge on any atom is 0.0568 e. The molecule has 0 aromatic heterocycles. The number of hydrogen-bond acceptors (Lipinski definition) is 1. The van der Waals surface area contributed by atoms with Gasteiger partial charge in [0.1, 0.15) is 0 Å². The van der Waals surface area contributed by atoms with Gasteiger partial charge in [-0.05, 0) is 56.5 Å². The zero-order valence-electron chi connectivity index (χ0n) is 13.6. The molecule has 2 heteroatoms. The van der Waals surface area contributed by atoms with Gasteiger partial charge in [0.15, 0.2) is 0 Å². The fraction of sp³-hybridized carbons (Fsp3) is 0.300. The highest BCUT2D eigenvalue weighted by molar-refractivity contribution is 7.85. The molecule has 2 aromatic rings. The summed E-state index contributed by atoms with van der Waals surface area (Å²) in [4.78, 5) is 0.909. The second-order valence-electron chi connectivity index (χ2n) is 5.89. The van der Waals surface area contributed by atoms with Crippen molar-refractivity contribution >= 4 is 21.6 Å². The molecule has 0 spiro atoms. The second kappa shape index (κ2) is 8.09. The van der Waals surface area contributed by atoms with Crippen molar-refractivity contribution in [1.82, 2.24) is 0 Å². The van der Waals surface area contributed by atoms with Gasteiger partial charge in [-0.25, -0.2) is 0 Å². The van der Waals surface area contributed by atoms with Gasteiger partial charge in [-0.15, -0.1) is 0 Å². The molecule has 0 saturated heterocycles. The Morgan fingerprint density at radius 1 is 1.00 bits per heavy atom. The predicted molar refractivity (Wildman–Crippen MR) is 97.6 cm³/mol. The van der Waals surface area contributed by atoms with Gasteiger partial charge in [0, 0.05) is 10.6 Å². The largest absolute Gasteiger partial charge is 0.254 e. The van der Waals surface area contributed by atoms with E-state index in [9.17, 15) is 4.21 Å². The Bertz CT molecular complexity index is 721. The zero-order valence-corrected chi connectivity index (χ0v) is 14.5. The van der Waals surface area contributed by atoms with Crippen LogP contribution in [0, 0.1) is 0 Å². The summed E-state index contributed by atoms with van der Waals surface area (Å²) in [6, 6.07) is 14.3. The Morgan fingerprint density at radius 2 is 1.73 bits per heavy atom. The highest BCUT2D eigenvalue weighted by atomic mass is 32.2. The van der Waals surface area contributed by atoms with E-state index in [1.807, 2.05) is 30.3 Å². The standard InChI is InChI=1S/C20H24OS/c1-16(2)7-6-8-17(3)13-14-22(21)20-12-11-18-9-4-5-10-19(18)15-20/h4-5,7,9-13,15H,6,8,14H2,1-3H3. The average molecular weight is 312 g/mol. The van der Waals surface area contributed by atoms with Crippen LogP contribution >= 0.6 is 0 Å². The smallest absolute Gasteiger partial charge is 0.0568 e. The van der Waals surface area contributed by atoms with Crippen molar-refractivity contribution in [1.29, 1.82) is 0 Å². The van der Waals surface area contributed by atoms with Crippen LogP contribution in [0.25, 0.3) is 10.8 Å². The lowest BCUT2D eigenvalue weighted by Gasteiger charge is -2.04. The molecule has 0 aliphatic carbocycles. The van der Waals surface area contributed by atoms with E-state index in [1.165, 1.54) is 16.5 Å². The Hall–Kier alpha value is -1.67. The summed E-state index contributed by atoms with van der Waals surface area (Å²) >= 11 is 0. The third kappa shape index (κ3) is 4.96. The van der Waals surface area contributed by atoms with E-state index in [2.05, 4.69) is 45.1 Å². The molecule has 2 aromatic carbocycles. The fourth-order valence-corrected chi connectivity index (χ4v) is 3.42. The number of fused-ring (bicyclic) bond motifs is 1. The van der Waals surface area contributed by atoms with Crippen molar-refractivity contribution in [2.75, 3.05) is 5.75 Å². The topological polar surface area (TPSA) is 17.1 Å². The van der Waals surface area contributed by atoms with Crippen molar-refractivity contribution in [3.8, 4) is 0 Å². The second-order valence-corrected chi connectivity index (χ2v) is 7.39. The van der Waals surface area contributed by atoms with E-state index < -0.39 is 10.8 Å². The number of rotatable bonds is 6. The van der Waals surface area contributed by atoms with E-state index >= 15 is 0 Å². The van der Waals surface area contributed by atoms with Crippen LogP contribution in [0.15, 0.2) is 70.7 Å². The molecule has 1 nitrogen and oxygen atoms in total. The minimum atomic E-state index is -0.966. The van der Waals surface area contributed by atoms with Crippen LogP contribution < -0.4 is 0 Å². The SMILES string of the molecule is CC(C)=CCCC(C)=CCS(=O)c1ccc2ccccc2c1. The molecular weight excluding hydrogens is 288 g/mol. The minimum Gasteiger partial charge on any atom is -0.254 e. The monoisotopic (exact) mass is 312 g/mol. The number of benzene rings is 2. The van der Waals surface area contributed by atoms with Gasteiger partial charge in [0.25, 0.3) is 0 Å². The van der Waals surface area contributed by atoms with Gasteiger partial charge in [0.05, 0.1) is 10.8 Å². The number of hydrogen-bond donors (Lipinski definition) is 0. The third-order valence-electron chi connectivity index (χ3n) is 3.66. The molecule has 1 atom stereocenters. The zero-order chi connectivity index (χ0) is 15.9. The molecule has 0 aliphatic rings. The molecule has 0 fully saturated rings. The van der Waals surface area contributed by atoms with Gasteiger partial charge in [-0.2, -0.15) is 0 Å². The Balaban J connectivity index is 2.00. The molecule has 116 valence electrons. The molecule has 0 aliphatic heterocycles. The van der Waals surface area contributed by atoms with Gasteiger partial charge in [0.2, 0.25) is 0 Å². The third-order valence-corrected chi connectivity index (χ3v) is 4.91. The molecule has 1 unspecified atom stereocenters. The first-order valence-corrected chi connectivity index (χ1v) is 9.04. The molecule has 0 saturated carbocycles. The lowest BCUT2D eigenvalue weighted by Crippen LogP contribution is -1.96. The van der Waals surface area contributed by atoms with Crippen LogP contribution in [0.3, 0.4) is 0 Å². The fourth-order valence-electron chi connectivity index (χ4n) is 2.31. The molecule has 0 amide bonds. The first kappa shape index (κ1) is 16.7. The van der Waals surface area contributed by atoms with Crippen LogP contribution in [-0.4, -0.2) is 9.96 Å². The molecule has 0 radical (unpaired) electrons. The van der Waals surface area contributed by atoms with Gasteiger partial charge < -0.3 is 0 Å². The Morgan fingerprint density at radius 3 is 2.45 bits per heavy atom. The molecule has 22 heavy (non-hydrogen) atoms. The van der Waals surface area contributed by atoms with Crippen LogP contribution in [-0.2, 0) is 10.8 Å². The lowest BCUT2D eigenvalue weighted by atomic mass is 10.1. The van der Waals surface area contributed by atoms with Gasteiger partial charge in [-0.1, -0.05) is 53.6 Å². The highest BCUT2D eigenvalue weighted by Gasteiger charge is 2.03. The highest BCUT2D eigenvalue weighted by Crippen LogP contribution is 2.18. The predicted octanol–water partition coefficient (Wildman–Crippen LogP) is 5.64. The van der Waals surface area contributed by atoms with E-state index in [4.69, 9.17) is 0 Å². The summed E-state index contributed by atoms with van der Waals surface area (Å²) in [5.74, 6) is 0.596. The van der Waals surface area contributed by atoms with E-state index in [0.717, 1.165) is 23.1 Å². The van der Waals surface area contributed by atoms with Crippen LogP contribution in [0.5, 0.6) is 0 Å². The quantitative estimate of drug-likeness (QED) is 0.631. The Kier molecular flexibility index (Phi) is 6.14. The molecular formula is C20H24OS. The van der Waals surface area contributed by atoms with Crippen LogP contribution in [0.4, 0.5) is 0 Å². The van der Waals surface area contributed by atoms with Crippen molar-refractivity contribution in [2.24, 2.45) is 0 Å². The van der Waals surface area contributed by atoms with E-state index in [0.29, 0.717) is 5.75 Å².